The fourth-order valence-electron chi connectivity index (χ4n) is 2.29. The van der Waals surface area contributed by atoms with Crippen LogP contribution in [0.3, 0.4) is 0 Å². The van der Waals surface area contributed by atoms with E-state index in [1.165, 1.54) is 0 Å². The van der Waals surface area contributed by atoms with Crippen molar-refractivity contribution in [3.05, 3.63) is 72.3 Å². The van der Waals surface area contributed by atoms with Gasteiger partial charge in [0.25, 0.3) is 0 Å². The Morgan fingerprint density at radius 2 is 1.53 bits per heavy atom. The number of hydrogen-bond acceptors (Lipinski definition) is 1. The number of carbonyl (C=O) groups is 1. The molecule has 0 saturated heterocycles. The molecule has 2 nitrogen and oxygen atoms in total. The topological polar surface area (TPSA) is 37.3 Å². The van der Waals surface area contributed by atoms with Crippen LogP contribution in [0.4, 0.5) is 0 Å². The number of fused-ring (bicyclic) bond motifs is 1. The van der Waals surface area contributed by atoms with Crippen molar-refractivity contribution in [1.29, 1.82) is 0 Å². The molecular formula is C17H12O2. The predicted octanol–water partition coefficient (Wildman–Crippen LogP) is 4.21. The minimum Gasteiger partial charge on any atom is -0.478 e. The van der Waals surface area contributed by atoms with Crippen LogP contribution < -0.4 is 0 Å². The van der Waals surface area contributed by atoms with Crippen molar-refractivity contribution >= 4 is 16.7 Å². The van der Waals surface area contributed by atoms with Gasteiger partial charge < -0.3 is 5.11 Å². The van der Waals surface area contributed by atoms with E-state index in [-0.39, 0.29) is 0 Å². The lowest BCUT2D eigenvalue weighted by atomic mass is 9.96. The standard InChI is InChI=1S/C17H12O2/c18-17(19)14-10-13-8-4-5-9-15(13)16(11-14)12-6-2-1-3-7-12/h1-11H,(H,18,19). The molecule has 0 aliphatic carbocycles. The van der Waals surface area contributed by atoms with Gasteiger partial charge in [-0.2, -0.15) is 0 Å². The summed E-state index contributed by atoms with van der Waals surface area (Å²) in [6.45, 7) is 0. The second-order valence-corrected chi connectivity index (χ2v) is 4.42. The molecule has 0 aliphatic rings. The number of benzene rings is 3. The highest BCUT2D eigenvalue weighted by atomic mass is 16.4. The molecule has 0 amide bonds. The third-order valence-corrected chi connectivity index (χ3v) is 3.19. The summed E-state index contributed by atoms with van der Waals surface area (Å²) in [7, 11) is 0. The van der Waals surface area contributed by atoms with Crippen LogP contribution >= 0.6 is 0 Å². The average Bonchev–Trinajstić information content (AvgIpc) is 2.47. The fourth-order valence-corrected chi connectivity index (χ4v) is 2.29. The molecule has 0 atom stereocenters. The number of carboxylic acid groups (broad SMARTS) is 1. The Morgan fingerprint density at radius 1 is 0.842 bits per heavy atom. The minimum absolute atomic E-state index is 0.317. The molecule has 3 aromatic carbocycles. The second kappa shape index (κ2) is 4.58. The SMILES string of the molecule is O=C(O)c1cc(-c2ccccc2)c2ccccc2c1. The van der Waals surface area contributed by atoms with Gasteiger partial charge in [0.1, 0.15) is 0 Å². The Labute approximate surface area is 110 Å². The first-order chi connectivity index (χ1) is 9.25. The van der Waals surface area contributed by atoms with Crippen LogP contribution in [0.5, 0.6) is 0 Å². The molecular weight excluding hydrogens is 236 g/mol. The van der Waals surface area contributed by atoms with E-state index in [0.29, 0.717) is 5.56 Å². The van der Waals surface area contributed by atoms with Crippen molar-refractivity contribution in [2.75, 3.05) is 0 Å². The Balaban J connectivity index is 2.36. The molecule has 19 heavy (non-hydrogen) atoms. The number of carboxylic acids is 1. The van der Waals surface area contributed by atoms with Crippen molar-refractivity contribution in [2.24, 2.45) is 0 Å². The lowest BCUT2D eigenvalue weighted by Crippen LogP contribution is -1.97. The molecule has 0 radical (unpaired) electrons. The maximum absolute atomic E-state index is 11.2. The summed E-state index contributed by atoms with van der Waals surface area (Å²) >= 11 is 0. The molecule has 0 bridgehead atoms. The zero-order valence-electron chi connectivity index (χ0n) is 10.2. The van der Waals surface area contributed by atoms with Crippen LogP contribution in [-0.4, -0.2) is 11.1 Å². The van der Waals surface area contributed by atoms with Crippen LogP contribution in [-0.2, 0) is 0 Å². The normalized spacial score (nSPS) is 10.5. The summed E-state index contributed by atoms with van der Waals surface area (Å²) < 4.78 is 0. The minimum atomic E-state index is -0.900. The van der Waals surface area contributed by atoms with E-state index in [1.807, 2.05) is 54.6 Å². The number of rotatable bonds is 2. The molecule has 0 spiro atoms. The average molecular weight is 248 g/mol. The van der Waals surface area contributed by atoms with Crippen LogP contribution in [0.1, 0.15) is 10.4 Å². The van der Waals surface area contributed by atoms with Gasteiger partial charge in [0.2, 0.25) is 0 Å². The van der Waals surface area contributed by atoms with Crippen molar-refractivity contribution in [2.45, 2.75) is 0 Å². The van der Waals surface area contributed by atoms with Crippen LogP contribution in [0.15, 0.2) is 66.7 Å². The van der Waals surface area contributed by atoms with E-state index in [1.54, 1.807) is 12.1 Å². The molecule has 2 heteroatoms. The molecule has 0 aliphatic heterocycles. The van der Waals surface area contributed by atoms with Crippen molar-refractivity contribution < 1.29 is 9.90 Å². The first kappa shape index (κ1) is 11.5. The largest absolute Gasteiger partial charge is 0.478 e. The maximum atomic E-state index is 11.2. The Hall–Kier alpha value is -2.61. The first-order valence-corrected chi connectivity index (χ1v) is 6.07. The van der Waals surface area contributed by atoms with Gasteiger partial charge in [-0.3, -0.25) is 0 Å². The molecule has 3 aromatic rings. The molecule has 1 N–H and O–H groups in total. The van der Waals surface area contributed by atoms with E-state index in [4.69, 9.17) is 0 Å². The molecule has 0 heterocycles. The highest BCUT2D eigenvalue weighted by molar-refractivity contribution is 6.02. The molecule has 0 unspecified atom stereocenters. The van der Waals surface area contributed by atoms with Gasteiger partial charge in [-0.05, 0) is 34.0 Å². The fraction of sp³-hybridized carbons (Fsp3) is 0. The second-order valence-electron chi connectivity index (χ2n) is 4.42. The molecule has 0 aromatic heterocycles. The van der Waals surface area contributed by atoms with Crippen molar-refractivity contribution in [3.63, 3.8) is 0 Å². The van der Waals surface area contributed by atoms with E-state index < -0.39 is 5.97 Å². The third-order valence-electron chi connectivity index (χ3n) is 3.19. The first-order valence-electron chi connectivity index (χ1n) is 6.07. The monoisotopic (exact) mass is 248 g/mol. The smallest absolute Gasteiger partial charge is 0.335 e. The highest BCUT2D eigenvalue weighted by Crippen LogP contribution is 2.30. The summed E-state index contributed by atoms with van der Waals surface area (Å²) in [5.74, 6) is -0.900. The summed E-state index contributed by atoms with van der Waals surface area (Å²) in [6.07, 6.45) is 0. The van der Waals surface area contributed by atoms with Crippen LogP contribution in [0.25, 0.3) is 21.9 Å². The van der Waals surface area contributed by atoms with E-state index in [0.717, 1.165) is 21.9 Å². The van der Waals surface area contributed by atoms with Gasteiger partial charge in [-0.1, -0.05) is 54.6 Å². The molecule has 0 saturated carbocycles. The molecule has 92 valence electrons. The number of hydrogen-bond donors (Lipinski definition) is 1. The Bertz CT molecular complexity index is 746. The van der Waals surface area contributed by atoms with Gasteiger partial charge in [0.05, 0.1) is 5.56 Å². The van der Waals surface area contributed by atoms with Gasteiger partial charge in [0, 0.05) is 0 Å². The predicted molar refractivity (Wildman–Crippen MR) is 76.3 cm³/mol. The maximum Gasteiger partial charge on any atom is 0.335 e. The van der Waals surface area contributed by atoms with Crippen molar-refractivity contribution in [3.8, 4) is 11.1 Å². The van der Waals surface area contributed by atoms with Crippen molar-refractivity contribution in [1.82, 2.24) is 0 Å². The summed E-state index contributed by atoms with van der Waals surface area (Å²) in [5, 5.41) is 11.2. The zero-order valence-corrected chi connectivity index (χ0v) is 10.2. The summed E-state index contributed by atoms with van der Waals surface area (Å²) in [5.41, 5.74) is 2.30. The van der Waals surface area contributed by atoms with Gasteiger partial charge in [-0.25, -0.2) is 4.79 Å². The lowest BCUT2D eigenvalue weighted by Gasteiger charge is -2.08. The highest BCUT2D eigenvalue weighted by Gasteiger charge is 2.09. The van der Waals surface area contributed by atoms with Crippen LogP contribution in [0, 0.1) is 0 Å². The molecule has 0 fully saturated rings. The third kappa shape index (κ3) is 2.08. The van der Waals surface area contributed by atoms with E-state index >= 15 is 0 Å². The van der Waals surface area contributed by atoms with Crippen LogP contribution in [0.2, 0.25) is 0 Å². The van der Waals surface area contributed by atoms with E-state index in [9.17, 15) is 9.90 Å². The Morgan fingerprint density at radius 3 is 2.26 bits per heavy atom. The Kier molecular flexibility index (Phi) is 2.76. The lowest BCUT2D eigenvalue weighted by molar-refractivity contribution is 0.0697. The summed E-state index contributed by atoms with van der Waals surface area (Å²) in [6, 6.07) is 21.1. The quantitative estimate of drug-likeness (QED) is 0.737. The van der Waals surface area contributed by atoms with Gasteiger partial charge >= 0.3 is 5.97 Å². The van der Waals surface area contributed by atoms with E-state index in [2.05, 4.69) is 0 Å². The van der Waals surface area contributed by atoms with Gasteiger partial charge in [0.15, 0.2) is 0 Å². The number of aromatic carboxylic acids is 1. The summed E-state index contributed by atoms with van der Waals surface area (Å²) in [4.78, 5) is 11.2. The zero-order chi connectivity index (χ0) is 13.2. The van der Waals surface area contributed by atoms with Gasteiger partial charge in [-0.15, -0.1) is 0 Å². The molecule has 3 rings (SSSR count).